The molecule has 0 aromatic carbocycles. The van der Waals surface area contributed by atoms with Crippen LogP contribution < -0.4 is 0 Å². The molecule has 0 radical (unpaired) electrons. The predicted molar refractivity (Wildman–Crippen MR) is 109 cm³/mol. The van der Waals surface area contributed by atoms with Crippen LogP contribution in [0.2, 0.25) is 0 Å². The van der Waals surface area contributed by atoms with Crippen molar-refractivity contribution < 1.29 is 55.6 Å². The Morgan fingerprint density at radius 3 is 2.14 bits per heavy atom. The Morgan fingerprint density at radius 1 is 1.14 bits per heavy atom. The maximum atomic E-state index is 10.6. The van der Waals surface area contributed by atoms with Gasteiger partial charge in [0.1, 0.15) is 0 Å². The molecular weight excluding hydrogens is 490 g/mol. The molecule has 0 saturated carbocycles. The summed E-state index contributed by atoms with van der Waals surface area (Å²) < 4.78 is 75.5. The molecule has 2 N–H and O–H groups in total. The second kappa shape index (κ2) is 13.6. The van der Waals surface area contributed by atoms with Crippen molar-refractivity contribution in [1.29, 1.82) is 0 Å². The molecule has 1 aromatic rings. The fraction of sp³-hybridized carbons (Fsp3) is 0.667. The third kappa shape index (κ3) is 11.2. The summed E-state index contributed by atoms with van der Waals surface area (Å²) in [5, 5.41) is 14.2. The van der Waals surface area contributed by atoms with E-state index in [1.807, 2.05) is 12.3 Å². The standard InChI is InChI=1S/C17H26N2O2.2C2HF3O2/c1-19-9-6-17(7-10-19)16(5-12-21-17)4-11-20-14-15-3-2-8-18-13-15;2*3-2(4,5)1(6)7/h2-3,8,13,16H,4-7,9-12,14H2,1H3;2*(H,6,7). The lowest BCUT2D eigenvalue weighted by molar-refractivity contribution is -0.193. The van der Waals surface area contributed by atoms with Gasteiger partial charge in [-0.05, 0) is 50.3 Å². The molecule has 8 nitrogen and oxygen atoms in total. The Hall–Kier alpha value is -2.45. The highest BCUT2D eigenvalue weighted by Crippen LogP contribution is 2.42. The molecule has 1 spiro atoms. The van der Waals surface area contributed by atoms with E-state index in [9.17, 15) is 26.3 Å². The molecular formula is C21H28F6N2O6. The minimum atomic E-state index is -5.08. The van der Waals surface area contributed by atoms with Gasteiger partial charge in [0.2, 0.25) is 0 Å². The van der Waals surface area contributed by atoms with E-state index in [0.29, 0.717) is 12.5 Å². The van der Waals surface area contributed by atoms with Gasteiger partial charge in [-0.2, -0.15) is 26.3 Å². The van der Waals surface area contributed by atoms with E-state index in [1.165, 1.54) is 19.3 Å². The number of carbonyl (C=O) groups is 2. The molecule has 1 aromatic heterocycles. The van der Waals surface area contributed by atoms with Crippen molar-refractivity contribution in [3.05, 3.63) is 30.1 Å². The number of pyridine rings is 1. The van der Waals surface area contributed by atoms with E-state index < -0.39 is 24.3 Å². The fourth-order valence-electron chi connectivity index (χ4n) is 3.64. The van der Waals surface area contributed by atoms with Crippen molar-refractivity contribution in [2.45, 2.75) is 50.2 Å². The van der Waals surface area contributed by atoms with Crippen LogP contribution in [0.5, 0.6) is 0 Å². The molecule has 0 amide bonds. The van der Waals surface area contributed by atoms with E-state index in [2.05, 4.69) is 23.0 Å². The molecule has 1 unspecified atom stereocenters. The molecule has 2 aliphatic rings. The zero-order valence-electron chi connectivity index (χ0n) is 18.9. The van der Waals surface area contributed by atoms with Crippen molar-refractivity contribution >= 4 is 11.9 Å². The van der Waals surface area contributed by atoms with Crippen LogP contribution in [0.15, 0.2) is 24.5 Å². The first-order valence-electron chi connectivity index (χ1n) is 10.6. The third-order valence-electron chi connectivity index (χ3n) is 5.52. The van der Waals surface area contributed by atoms with Gasteiger partial charge in [-0.1, -0.05) is 6.07 Å². The van der Waals surface area contributed by atoms with Crippen molar-refractivity contribution in [1.82, 2.24) is 9.88 Å². The first-order valence-corrected chi connectivity index (χ1v) is 10.6. The number of ether oxygens (including phenoxy) is 2. The monoisotopic (exact) mass is 518 g/mol. The van der Waals surface area contributed by atoms with Gasteiger partial charge in [0.25, 0.3) is 0 Å². The number of likely N-dealkylation sites (tertiary alicyclic amines) is 1. The van der Waals surface area contributed by atoms with Gasteiger partial charge in [0, 0.05) is 38.7 Å². The number of aromatic nitrogens is 1. The highest BCUT2D eigenvalue weighted by Gasteiger charge is 2.45. The predicted octanol–water partition coefficient (Wildman–Crippen LogP) is 3.76. The molecule has 2 aliphatic heterocycles. The first-order chi connectivity index (χ1) is 16.2. The van der Waals surface area contributed by atoms with E-state index >= 15 is 0 Å². The summed E-state index contributed by atoms with van der Waals surface area (Å²) in [6, 6.07) is 4.02. The molecule has 2 saturated heterocycles. The van der Waals surface area contributed by atoms with Crippen LogP contribution >= 0.6 is 0 Å². The number of piperidine rings is 1. The lowest BCUT2D eigenvalue weighted by Gasteiger charge is -2.41. The summed E-state index contributed by atoms with van der Waals surface area (Å²) >= 11 is 0. The Kier molecular flexibility index (Phi) is 11.9. The van der Waals surface area contributed by atoms with E-state index in [0.717, 1.165) is 38.3 Å². The summed E-state index contributed by atoms with van der Waals surface area (Å²) in [6.45, 7) is 4.73. The molecule has 35 heavy (non-hydrogen) atoms. The molecule has 0 aliphatic carbocycles. The van der Waals surface area contributed by atoms with Crippen LogP contribution in [0, 0.1) is 5.92 Å². The van der Waals surface area contributed by atoms with Crippen LogP contribution in [-0.2, 0) is 25.7 Å². The van der Waals surface area contributed by atoms with Crippen LogP contribution in [0.4, 0.5) is 26.3 Å². The number of halogens is 6. The maximum Gasteiger partial charge on any atom is 0.490 e. The summed E-state index contributed by atoms with van der Waals surface area (Å²) in [5.74, 6) is -4.85. The number of rotatable bonds is 5. The average molecular weight is 518 g/mol. The van der Waals surface area contributed by atoms with E-state index in [1.54, 1.807) is 6.20 Å². The van der Waals surface area contributed by atoms with Crippen LogP contribution in [0.3, 0.4) is 0 Å². The molecule has 2 fully saturated rings. The number of nitrogens with zero attached hydrogens (tertiary/aromatic N) is 2. The minimum Gasteiger partial charge on any atom is -0.475 e. The van der Waals surface area contributed by atoms with E-state index in [-0.39, 0.29) is 5.60 Å². The second-order valence-corrected chi connectivity index (χ2v) is 8.01. The van der Waals surface area contributed by atoms with Crippen LogP contribution in [-0.4, -0.2) is 83.3 Å². The molecule has 3 heterocycles. The lowest BCUT2D eigenvalue weighted by Crippen LogP contribution is -2.46. The Balaban J connectivity index is 0.000000362. The SMILES string of the molecule is CN1CCC2(CC1)OCCC2CCOCc1cccnc1.O=C(O)C(F)(F)F.O=C(O)C(F)(F)F. The van der Waals surface area contributed by atoms with Crippen LogP contribution in [0.1, 0.15) is 31.2 Å². The largest absolute Gasteiger partial charge is 0.490 e. The normalized spacial score (nSPS) is 19.8. The van der Waals surface area contributed by atoms with Gasteiger partial charge >= 0.3 is 24.3 Å². The summed E-state index contributed by atoms with van der Waals surface area (Å²) in [4.78, 5) is 24.3. The van der Waals surface area contributed by atoms with Gasteiger partial charge in [0.15, 0.2) is 0 Å². The number of alkyl halides is 6. The summed E-state index contributed by atoms with van der Waals surface area (Å²) in [5.41, 5.74) is 1.29. The first kappa shape index (κ1) is 30.6. The Bertz CT molecular complexity index is 759. The van der Waals surface area contributed by atoms with Crippen molar-refractivity contribution in [2.24, 2.45) is 5.92 Å². The van der Waals surface area contributed by atoms with Crippen molar-refractivity contribution in [3.8, 4) is 0 Å². The highest BCUT2D eigenvalue weighted by molar-refractivity contribution is 5.73. The minimum absolute atomic E-state index is 0.143. The van der Waals surface area contributed by atoms with Gasteiger partial charge in [0.05, 0.1) is 12.2 Å². The average Bonchev–Trinajstić information content (AvgIpc) is 3.16. The maximum absolute atomic E-state index is 10.6. The summed E-state index contributed by atoms with van der Waals surface area (Å²) in [7, 11) is 2.20. The number of carboxylic acid groups (broad SMARTS) is 2. The zero-order valence-corrected chi connectivity index (χ0v) is 18.9. The molecule has 14 heteroatoms. The topological polar surface area (TPSA) is 109 Å². The smallest absolute Gasteiger partial charge is 0.475 e. The Labute approximate surface area is 197 Å². The highest BCUT2D eigenvalue weighted by atomic mass is 19.4. The molecule has 200 valence electrons. The van der Waals surface area contributed by atoms with Crippen molar-refractivity contribution in [2.75, 3.05) is 33.4 Å². The van der Waals surface area contributed by atoms with Gasteiger partial charge < -0.3 is 24.6 Å². The number of hydrogen-bond donors (Lipinski definition) is 2. The van der Waals surface area contributed by atoms with Crippen LogP contribution in [0.25, 0.3) is 0 Å². The summed E-state index contributed by atoms with van der Waals surface area (Å²) in [6.07, 6.45) is -1.84. The number of hydrogen-bond acceptors (Lipinski definition) is 6. The Morgan fingerprint density at radius 2 is 1.69 bits per heavy atom. The van der Waals surface area contributed by atoms with E-state index in [4.69, 9.17) is 29.3 Å². The third-order valence-corrected chi connectivity index (χ3v) is 5.52. The number of aliphatic carboxylic acids is 2. The lowest BCUT2D eigenvalue weighted by atomic mass is 9.78. The zero-order chi connectivity index (χ0) is 26.7. The fourth-order valence-corrected chi connectivity index (χ4v) is 3.64. The van der Waals surface area contributed by atoms with Gasteiger partial charge in [-0.15, -0.1) is 0 Å². The molecule has 1 atom stereocenters. The molecule has 3 rings (SSSR count). The van der Waals surface area contributed by atoms with Crippen molar-refractivity contribution in [3.63, 3.8) is 0 Å². The molecule has 0 bridgehead atoms. The second-order valence-electron chi connectivity index (χ2n) is 8.01. The van der Waals surface area contributed by atoms with Gasteiger partial charge in [-0.25, -0.2) is 9.59 Å². The number of carboxylic acids is 2. The van der Waals surface area contributed by atoms with Gasteiger partial charge in [-0.3, -0.25) is 4.98 Å². The quantitative estimate of drug-likeness (QED) is 0.448.